The largest absolute Gasteiger partial charge is 0.355 e. The van der Waals surface area contributed by atoms with Gasteiger partial charge in [-0.2, -0.15) is 0 Å². The van der Waals surface area contributed by atoms with Crippen molar-refractivity contribution < 1.29 is 14.9 Å². The molecule has 2 aromatic rings. The van der Waals surface area contributed by atoms with Gasteiger partial charge in [-0.15, -0.1) is 0 Å². The molecule has 24 heavy (non-hydrogen) atoms. The second-order valence-corrected chi connectivity index (χ2v) is 5.87. The van der Waals surface area contributed by atoms with Crippen LogP contribution in [-0.2, 0) is 4.79 Å². The lowest BCUT2D eigenvalue weighted by Crippen LogP contribution is -2.86. The van der Waals surface area contributed by atoms with Crippen molar-refractivity contribution in [3.8, 4) is 0 Å². The standard InChI is InChI=1S/C18H20ClN3O2/c1-12(15-8-3-4-9-16(15)19)21-11-17(23)22-14-7-5-6-13(10-14)18(24)20-2/h3-10,12,21H,11H2,1-2H3,(H,20,24)(H,22,23)/p+1/t12-/m0/s1. The third-order valence-corrected chi connectivity index (χ3v) is 4.03. The van der Waals surface area contributed by atoms with Gasteiger partial charge in [0.05, 0.1) is 0 Å². The summed E-state index contributed by atoms with van der Waals surface area (Å²) in [6.07, 6.45) is 0. The fourth-order valence-corrected chi connectivity index (χ4v) is 2.66. The van der Waals surface area contributed by atoms with E-state index < -0.39 is 0 Å². The van der Waals surface area contributed by atoms with Crippen molar-refractivity contribution in [2.24, 2.45) is 0 Å². The van der Waals surface area contributed by atoms with Crippen LogP contribution in [0.5, 0.6) is 0 Å². The Morgan fingerprint density at radius 1 is 1.17 bits per heavy atom. The number of carbonyl (C=O) groups is 2. The lowest BCUT2D eigenvalue weighted by atomic mass is 10.1. The van der Waals surface area contributed by atoms with E-state index in [9.17, 15) is 9.59 Å². The lowest BCUT2D eigenvalue weighted by molar-refractivity contribution is -0.682. The van der Waals surface area contributed by atoms with Crippen molar-refractivity contribution in [1.29, 1.82) is 0 Å². The molecule has 0 aromatic heterocycles. The number of hydrogen-bond donors (Lipinski definition) is 3. The van der Waals surface area contributed by atoms with E-state index in [4.69, 9.17) is 11.6 Å². The van der Waals surface area contributed by atoms with Crippen LogP contribution < -0.4 is 16.0 Å². The van der Waals surface area contributed by atoms with Gasteiger partial charge in [0, 0.05) is 28.9 Å². The molecule has 126 valence electrons. The molecule has 4 N–H and O–H groups in total. The molecule has 2 aromatic carbocycles. The van der Waals surface area contributed by atoms with Crippen molar-refractivity contribution in [2.75, 3.05) is 18.9 Å². The van der Waals surface area contributed by atoms with Gasteiger partial charge in [0.1, 0.15) is 6.04 Å². The predicted octanol–water partition coefficient (Wildman–Crippen LogP) is 1.96. The average molecular weight is 347 g/mol. The van der Waals surface area contributed by atoms with E-state index in [-0.39, 0.29) is 24.4 Å². The maximum absolute atomic E-state index is 12.1. The van der Waals surface area contributed by atoms with Crippen LogP contribution in [0.25, 0.3) is 0 Å². The number of benzene rings is 2. The van der Waals surface area contributed by atoms with Gasteiger partial charge >= 0.3 is 0 Å². The molecule has 0 saturated heterocycles. The highest BCUT2D eigenvalue weighted by molar-refractivity contribution is 6.31. The summed E-state index contributed by atoms with van der Waals surface area (Å²) >= 11 is 6.17. The van der Waals surface area contributed by atoms with E-state index in [1.54, 1.807) is 31.3 Å². The topological polar surface area (TPSA) is 74.8 Å². The zero-order valence-electron chi connectivity index (χ0n) is 13.7. The minimum atomic E-state index is -0.190. The molecule has 0 aliphatic heterocycles. The molecular weight excluding hydrogens is 326 g/mol. The summed E-state index contributed by atoms with van der Waals surface area (Å²) in [6.45, 7) is 2.26. The van der Waals surface area contributed by atoms with Gasteiger partial charge in [0.15, 0.2) is 6.54 Å². The Labute approximate surface area is 146 Å². The van der Waals surface area contributed by atoms with E-state index in [1.807, 2.05) is 36.5 Å². The first-order valence-corrected chi connectivity index (χ1v) is 8.09. The van der Waals surface area contributed by atoms with E-state index in [0.29, 0.717) is 16.3 Å². The third kappa shape index (κ3) is 4.81. The minimum Gasteiger partial charge on any atom is -0.355 e. The lowest BCUT2D eigenvalue weighted by Gasteiger charge is -2.12. The van der Waals surface area contributed by atoms with Gasteiger partial charge in [0.25, 0.3) is 11.8 Å². The highest BCUT2D eigenvalue weighted by atomic mass is 35.5. The van der Waals surface area contributed by atoms with E-state index >= 15 is 0 Å². The smallest absolute Gasteiger partial charge is 0.279 e. The second-order valence-electron chi connectivity index (χ2n) is 5.46. The molecule has 0 bridgehead atoms. The molecule has 0 aliphatic carbocycles. The van der Waals surface area contributed by atoms with Crippen molar-refractivity contribution in [1.82, 2.24) is 5.32 Å². The zero-order valence-corrected chi connectivity index (χ0v) is 14.4. The van der Waals surface area contributed by atoms with Gasteiger partial charge in [-0.3, -0.25) is 9.59 Å². The summed E-state index contributed by atoms with van der Waals surface area (Å²) in [5.41, 5.74) is 2.09. The molecule has 0 aliphatic rings. The summed E-state index contributed by atoms with van der Waals surface area (Å²) in [6, 6.07) is 14.5. The van der Waals surface area contributed by atoms with E-state index in [0.717, 1.165) is 5.56 Å². The van der Waals surface area contributed by atoms with Crippen LogP contribution in [0.15, 0.2) is 48.5 Å². The Morgan fingerprint density at radius 3 is 2.62 bits per heavy atom. The first kappa shape index (κ1) is 18.0. The quantitative estimate of drug-likeness (QED) is 0.748. The Bertz CT molecular complexity index is 734. The maximum Gasteiger partial charge on any atom is 0.279 e. The summed E-state index contributed by atoms with van der Waals surface area (Å²) < 4.78 is 0. The van der Waals surface area contributed by atoms with E-state index in [2.05, 4.69) is 10.6 Å². The molecule has 0 spiro atoms. The number of hydrogen-bond acceptors (Lipinski definition) is 2. The summed E-state index contributed by atoms with van der Waals surface area (Å²) in [5.74, 6) is -0.326. The van der Waals surface area contributed by atoms with Crippen molar-refractivity contribution in [3.63, 3.8) is 0 Å². The monoisotopic (exact) mass is 346 g/mol. The number of nitrogens with two attached hydrogens (primary N) is 1. The molecule has 5 nitrogen and oxygen atoms in total. The first-order chi connectivity index (χ1) is 11.5. The number of rotatable bonds is 6. The normalized spacial score (nSPS) is 11.6. The number of amides is 2. The van der Waals surface area contributed by atoms with Gasteiger partial charge in [-0.1, -0.05) is 35.9 Å². The van der Waals surface area contributed by atoms with Gasteiger partial charge in [-0.05, 0) is 31.2 Å². The van der Waals surface area contributed by atoms with Gasteiger partial charge in [-0.25, -0.2) is 0 Å². The van der Waals surface area contributed by atoms with Crippen molar-refractivity contribution >= 4 is 29.1 Å². The Balaban J connectivity index is 1.92. The van der Waals surface area contributed by atoms with Gasteiger partial charge < -0.3 is 16.0 Å². The maximum atomic E-state index is 12.1. The molecule has 0 saturated carbocycles. The highest BCUT2D eigenvalue weighted by Gasteiger charge is 2.14. The molecule has 1 atom stereocenters. The summed E-state index contributed by atoms with van der Waals surface area (Å²) in [7, 11) is 1.57. The summed E-state index contributed by atoms with van der Waals surface area (Å²) in [5, 5.41) is 7.96. The van der Waals surface area contributed by atoms with Gasteiger partial charge in [0.2, 0.25) is 0 Å². The molecule has 0 radical (unpaired) electrons. The van der Waals surface area contributed by atoms with Crippen molar-refractivity contribution in [2.45, 2.75) is 13.0 Å². The van der Waals surface area contributed by atoms with Crippen LogP contribution in [0.3, 0.4) is 0 Å². The number of quaternary nitrogens is 1. The molecule has 0 heterocycles. The van der Waals surface area contributed by atoms with Crippen LogP contribution in [0.1, 0.15) is 28.9 Å². The highest BCUT2D eigenvalue weighted by Crippen LogP contribution is 2.19. The molecule has 6 heteroatoms. The Morgan fingerprint density at radius 2 is 1.92 bits per heavy atom. The molecule has 2 rings (SSSR count). The van der Waals surface area contributed by atoms with E-state index in [1.165, 1.54) is 0 Å². The number of nitrogens with one attached hydrogen (secondary N) is 2. The van der Waals surface area contributed by atoms with Crippen LogP contribution in [-0.4, -0.2) is 25.4 Å². The molecule has 2 amide bonds. The minimum absolute atomic E-state index is 0.0710. The first-order valence-electron chi connectivity index (χ1n) is 7.71. The second kappa shape index (κ2) is 8.47. The number of carbonyl (C=O) groups excluding carboxylic acids is 2. The molecule has 0 fully saturated rings. The SMILES string of the molecule is CNC(=O)c1cccc(NC(=O)C[NH2+][C@@H](C)c2ccccc2Cl)c1. The Kier molecular flexibility index (Phi) is 6.35. The van der Waals surface area contributed by atoms with Crippen LogP contribution in [0.2, 0.25) is 5.02 Å². The van der Waals surface area contributed by atoms with Crippen LogP contribution in [0.4, 0.5) is 5.69 Å². The van der Waals surface area contributed by atoms with Crippen LogP contribution in [0, 0.1) is 0 Å². The zero-order chi connectivity index (χ0) is 17.5. The number of halogens is 1. The summed E-state index contributed by atoms with van der Waals surface area (Å²) in [4.78, 5) is 23.7. The fraction of sp³-hybridized carbons (Fsp3) is 0.222. The Hall–Kier alpha value is -2.37. The fourth-order valence-electron chi connectivity index (χ4n) is 2.35. The van der Waals surface area contributed by atoms with Crippen LogP contribution >= 0.6 is 11.6 Å². The van der Waals surface area contributed by atoms with Crippen molar-refractivity contribution in [3.05, 3.63) is 64.7 Å². The third-order valence-electron chi connectivity index (χ3n) is 3.69. The molecular formula is C18H21ClN3O2+. The average Bonchev–Trinajstić information content (AvgIpc) is 2.59. The number of anilines is 1. The molecule has 0 unspecified atom stereocenters. The predicted molar refractivity (Wildman–Crippen MR) is 95.1 cm³/mol.